The Morgan fingerprint density at radius 2 is 1.71 bits per heavy atom. The minimum absolute atomic E-state index is 0.00719. The van der Waals surface area contributed by atoms with Crippen LogP contribution in [0.2, 0.25) is 10.0 Å². The third-order valence-corrected chi connectivity index (χ3v) is 7.50. The molecule has 0 aliphatic rings. The molecule has 0 bridgehead atoms. The first-order valence-corrected chi connectivity index (χ1v) is 13.2. The van der Waals surface area contributed by atoms with Gasteiger partial charge in [0.1, 0.15) is 11.1 Å². The summed E-state index contributed by atoms with van der Waals surface area (Å²) < 4.78 is 10.9. The second-order valence-electron chi connectivity index (χ2n) is 8.22. The molecule has 0 saturated carbocycles. The number of nitriles is 1. The van der Waals surface area contributed by atoms with Gasteiger partial charge in [0.25, 0.3) is 0 Å². The molecule has 4 aromatic rings. The van der Waals surface area contributed by atoms with Crippen LogP contribution >= 0.6 is 35.0 Å². The van der Waals surface area contributed by atoms with Crippen molar-refractivity contribution < 1.29 is 14.3 Å². The molecule has 9 heteroatoms. The summed E-state index contributed by atoms with van der Waals surface area (Å²) in [6.45, 7) is 2.01. The van der Waals surface area contributed by atoms with Crippen molar-refractivity contribution in [1.29, 1.82) is 5.26 Å². The second kappa shape index (κ2) is 12.2. The molecule has 1 amide bonds. The molecule has 0 fully saturated rings. The van der Waals surface area contributed by atoms with Crippen LogP contribution in [0.15, 0.2) is 71.8 Å². The number of carbonyl (C=O) groups is 1. The maximum absolute atomic E-state index is 12.8. The maximum Gasteiger partial charge on any atom is 0.234 e. The Labute approximate surface area is 235 Å². The van der Waals surface area contributed by atoms with E-state index in [0.717, 1.165) is 16.7 Å². The maximum atomic E-state index is 12.8. The van der Waals surface area contributed by atoms with Gasteiger partial charge in [0, 0.05) is 11.1 Å². The van der Waals surface area contributed by atoms with E-state index in [9.17, 15) is 10.1 Å². The number of halogens is 2. The van der Waals surface area contributed by atoms with E-state index >= 15 is 0 Å². The van der Waals surface area contributed by atoms with E-state index in [-0.39, 0.29) is 16.7 Å². The Hall–Kier alpha value is -3.70. The van der Waals surface area contributed by atoms with E-state index in [0.29, 0.717) is 44.1 Å². The normalized spacial score (nSPS) is 10.5. The van der Waals surface area contributed by atoms with Gasteiger partial charge >= 0.3 is 0 Å². The van der Waals surface area contributed by atoms with Gasteiger partial charge in [0.05, 0.1) is 47.0 Å². The summed E-state index contributed by atoms with van der Waals surface area (Å²) in [7, 11) is 3.12. The SMILES string of the molecule is COc1ccc(-c2cc(-c3ccc(C)cc3)nc(SCC(=O)Nc3cccc(Cl)c3Cl)c2C#N)cc1OC. The lowest BCUT2D eigenvalue weighted by atomic mass is 9.98. The minimum atomic E-state index is -0.307. The lowest BCUT2D eigenvalue weighted by molar-refractivity contribution is -0.113. The summed E-state index contributed by atoms with van der Waals surface area (Å²) in [4.78, 5) is 17.5. The van der Waals surface area contributed by atoms with Crippen molar-refractivity contribution in [2.45, 2.75) is 11.9 Å². The number of carbonyl (C=O) groups excluding carboxylic acids is 1. The summed E-state index contributed by atoms with van der Waals surface area (Å²) in [5, 5.41) is 14.0. The number of ether oxygens (including phenoxy) is 2. The Balaban J connectivity index is 1.74. The minimum Gasteiger partial charge on any atom is -0.493 e. The average Bonchev–Trinajstić information content (AvgIpc) is 2.93. The highest BCUT2D eigenvalue weighted by atomic mass is 35.5. The molecule has 0 unspecified atom stereocenters. The summed E-state index contributed by atoms with van der Waals surface area (Å²) in [5.74, 6) is 0.814. The molecule has 0 atom stereocenters. The smallest absolute Gasteiger partial charge is 0.234 e. The van der Waals surface area contributed by atoms with Crippen molar-refractivity contribution in [1.82, 2.24) is 4.98 Å². The van der Waals surface area contributed by atoms with Gasteiger partial charge in [-0.15, -0.1) is 0 Å². The number of anilines is 1. The molecule has 1 aromatic heterocycles. The molecule has 0 radical (unpaired) electrons. The standard InChI is InChI=1S/C29H23Cl2N3O3S/c1-17-7-9-18(10-8-17)24-14-20(19-11-12-25(36-2)26(13-19)37-3)21(15-32)29(34-24)38-16-27(35)33-23-6-4-5-22(30)28(23)31/h4-14H,16H2,1-3H3,(H,33,35). The van der Waals surface area contributed by atoms with E-state index in [1.165, 1.54) is 11.8 Å². The second-order valence-corrected chi connectivity index (χ2v) is 9.97. The lowest BCUT2D eigenvalue weighted by Gasteiger charge is -2.15. The number of amides is 1. The van der Waals surface area contributed by atoms with Gasteiger partial charge < -0.3 is 14.8 Å². The highest BCUT2D eigenvalue weighted by molar-refractivity contribution is 8.00. The summed E-state index contributed by atoms with van der Waals surface area (Å²) in [5.41, 5.74) is 4.87. The topological polar surface area (TPSA) is 84.2 Å². The molecule has 1 heterocycles. The first-order chi connectivity index (χ1) is 18.3. The van der Waals surface area contributed by atoms with Crippen molar-refractivity contribution >= 4 is 46.6 Å². The molecule has 0 spiro atoms. The zero-order valence-corrected chi connectivity index (χ0v) is 23.2. The first kappa shape index (κ1) is 27.3. The Bertz CT molecular complexity index is 1540. The van der Waals surface area contributed by atoms with Gasteiger partial charge in [-0.25, -0.2) is 4.98 Å². The van der Waals surface area contributed by atoms with Crippen LogP contribution in [-0.4, -0.2) is 30.9 Å². The fraction of sp³-hybridized carbons (Fsp3) is 0.138. The predicted molar refractivity (Wildman–Crippen MR) is 153 cm³/mol. The number of thioether (sulfide) groups is 1. The average molecular weight is 564 g/mol. The Kier molecular flexibility index (Phi) is 8.80. The van der Waals surface area contributed by atoms with Crippen LogP contribution in [0.4, 0.5) is 5.69 Å². The molecule has 4 rings (SSSR count). The predicted octanol–water partition coefficient (Wildman–Crippen LogP) is 7.65. The van der Waals surface area contributed by atoms with Crippen LogP contribution in [0, 0.1) is 18.3 Å². The van der Waals surface area contributed by atoms with Crippen molar-refractivity contribution in [3.63, 3.8) is 0 Å². The molecule has 6 nitrogen and oxygen atoms in total. The quantitative estimate of drug-likeness (QED) is 0.221. The van der Waals surface area contributed by atoms with Crippen LogP contribution < -0.4 is 14.8 Å². The van der Waals surface area contributed by atoms with E-state index in [4.69, 9.17) is 37.7 Å². The van der Waals surface area contributed by atoms with E-state index < -0.39 is 0 Å². The van der Waals surface area contributed by atoms with E-state index in [1.807, 2.05) is 49.4 Å². The summed E-state index contributed by atoms with van der Waals surface area (Å²) >= 11 is 13.4. The van der Waals surface area contributed by atoms with Crippen LogP contribution in [0.5, 0.6) is 11.5 Å². The monoisotopic (exact) mass is 563 g/mol. The van der Waals surface area contributed by atoms with Gasteiger partial charge in [0.15, 0.2) is 11.5 Å². The molecule has 38 heavy (non-hydrogen) atoms. The van der Waals surface area contributed by atoms with Gasteiger partial charge in [-0.1, -0.05) is 76.9 Å². The summed E-state index contributed by atoms with van der Waals surface area (Å²) in [6.07, 6.45) is 0. The molecule has 0 aliphatic carbocycles. The number of aromatic nitrogens is 1. The number of methoxy groups -OCH3 is 2. The highest BCUT2D eigenvalue weighted by Gasteiger charge is 2.19. The number of benzene rings is 3. The highest BCUT2D eigenvalue weighted by Crippen LogP contribution is 2.38. The zero-order valence-electron chi connectivity index (χ0n) is 20.8. The molecule has 1 N–H and O–H groups in total. The largest absolute Gasteiger partial charge is 0.493 e. The van der Waals surface area contributed by atoms with Gasteiger partial charge in [-0.05, 0) is 42.8 Å². The number of pyridine rings is 1. The zero-order chi connectivity index (χ0) is 27.2. The Morgan fingerprint density at radius 1 is 1.00 bits per heavy atom. The summed E-state index contributed by atoms with van der Waals surface area (Å²) in [6, 6.07) is 22.6. The molecule has 192 valence electrons. The van der Waals surface area contributed by atoms with Crippen LogP contribution in [0.3, 0.4) is 0 Å². The van der Waals surface area contributed by atoms with Gasteiger partial charge in [-0.2, -0.15) is 5.26 Å². The molecule has 3 aromatic carbocycles. The number of aryl methyl sites for hydroxylation is 1. The first-order valence-electron chi connectivity index (χ1n) is 11.5. The molecule has 0 aliphatic heterocycles. The van der Waals surface area contributed by atoms with Crippen molar-refractivity contribution in [3.8, 4) is 40.0 Å². The third kappa shape index (κ3) is 6.05. The van der Waals surface area contributed by atoms with Crippen LogP contribution in [0.25, 0.3) is 22.4 Å². The third-order valence-electron chi connectivity index (χ3n) is 5.71. The number of hydrogen-bond acceptors (Lipinski definition) is 6. The van der Waals surface area contributed by atoms with Gasteiger partial charge in [0.2, 0.25) is 5.91 Å². The number of nitrogens with zero attached hydrogens (tertiary/aromatic N) is 2. The van der Waals surface area contributed by atoms with Crippen LogP contribution in [0.1, 0.15) is 11.1 Å². The van der Waals surface area contributed by atoms with Crippen LogP contribution in [-0.2, 0) is 4.79 Å². The van der Waals surface area contributed by atoms with Crippen molar-refractivity contribution in [2.24, 2.45) is 0 Å². The van der Waals surface area contributed by atoms with E-state index in [2.05, 4.69) is 11.4 Å². The Morgan fingerprint density at radius 3 is 2.39 bits per heavy atom. The molecular weight excluding hydrogens is 541 g/mol. The number of nitrogens with one attached hydrogen (secondary N) is 1. The lowest BCUT2D eigenvalue weighted by Crippen LogP contribution is -2.14. The molecule has 0 saturated heterocycles. The number of hydrogen-bond donors (Lipinski definition) is 1. The fourth-order valence-electron chi connectivity index (χ4n) is 3.76. The van der Waals surface area contributed by atoms with Crippen molar-refractivity contribution in [2.75, 3.05) is 25.3 Å². The van der Waals surface area contributed by atoms with Gasteiger partial charge in [-0.3, -0.25) is 4.79 Å². The fourth-order valence-corrected chi connectivity index (χ4v) is 4.91. The number of rotatable bonds is 8. The van der Waals surface area contributed by atoms with Crippen molar-refractivity contribution in [3.05, 3.63) is 87.9 Å². The molecular formula is C29H23Cl2N3O3S. The van der Waals surface area contributed by atoms with E-state index in [1.54, 1.807) is 38.5 Å².